The normalized spacial score (nSPS) is 10.3. The van der Waals surface area contributed by atoms with Crippen molar-refractivity contribution in [2.75, 3.05) is 17.7 Å². The van der Waals surface area contributed by atoms with Gasteiger partial charge in [0.05, 0.1) is 7.11 Å². The van der Waals surface area contributed by atoms with Crippen LogP contribution >= 0.6 is 0 Å². The zero-order valence-corrected chi connectivity index (χ0v) is 13.7. The van der Waals surface area contributed by atoms with Gasteiger partial charge in [0.1, 0.15) is 28.8 Å². The highest BCUT2D eigenvalue weighted by Crippen LogP contribution is 2.21. The van der Waals surface area contributed by atoms with E-state index in [0.717, 1.165) is 12.1 Å². The van der Waals surface area contributed by atoms with Crippen LogP contribution in [0.3, 0.4) is 0 Å². The zero-order valence-electron chi connectivity index (χ0n) is 13.7. The molecule has 3 rings (SSSR count). The molecule has 0 aliphatic heterocycles. The summed E-state index contributed by atoms with van der Waals surface area (Å²) in [5, 5.41) is 5.11. The molecule has 132 valence electrons. The monoisotopic (exact) mass is 356 g/mol. The number of ether oxygens (including phenoxy) is 1. The summed E-state index contributed by atoms with van der Waals surface area (Å²) in [5.41, 5.74) is 0.155. The minimum absolute atomic E-state index is 0.0297. The number of aromatic nitrogens is 2. The molecule has 0 unspecified atom stereocenters. The maximum absolute atomic E-state index is 13.7. The Hall–Kier alpha value is -3.55. The second-order valence-corrected chi connectivity index (χ2v) is 5.17. The van der Waals surface area contributed by atoms with Crippen LogP contribution < -0.4 is 15.4 Å². The van der Waals surface area contributed by atoms with E-state index < -0.39 is 23.2 Å². The molecule has 0 fully saturated rings. The maximum Gasteiger partial charge on any atom is 0.274 e. The van der Waals surface area contributed by atoms with Crippen LogP contribution in [0.5, 0.6) is 5.75 Å². The molecule has 0 radical (unpaired) electrons. The lowest BCUT2D eigenvalue weighted by atomic mass is 10.3. The molecule has 0 atom stereocenters. The van der Waals surface area contributed by atoms with E-state index in [2.05, 4.69) is 20.6 Å². The third-order valence-corrected chi connectivity index (χ3v) is 3.42. The van der Waals surface area contributed by atoms with Crippen molar-refractivity contribution in [2.45, 2.75) is 0 Å². The summed E-state index contributed by atoms with van der Waals surface area (Å²) in [4.78, 5) is 20.2. The van der Waals surface area contributed by atoms with E-state index in [0.29, 0.717) is 11.4 Å². The predicted molar refractivity (Wildman–Crippen MR) is 92.6 cm³/mol. The molecule has 0 bridgehead atoms. The molecule has 3 aromatic rings. The van der Waals surface area contributed by atoms with Crippen LogP contribution in [0, 0.1) is 11.6 Å². The maximum atomic E-state index is 13.7. The minimum Gasteiger partial charge on any atom is -0.497 e. The minimum atomic E-state index is -0.792. The smallest absolute Gasteiger partial charge is 0.274 e. The van der Waals surface area contributed by atoms with Gasteiger partial charge in [0.15, 0.2) is 0 Å². The third-order valence-electron chi connectivity index (χ3n) is 3.42. The summed E-state index contributed by atoms with van der Waals surface area (Å²) >= 11 is 0. The first-order chi connectivity index (χ1) is 12.6. The van der Waals surface area contributed by atoms with Crippen LogP contribution in [-0.4, -0.2) is 23.0 Å². The van der Waals surface area contributed by atoms with Gasteiger partial charge in [-0.15, -0.1) is 0 Å². The fourth-order valence-electron chi connectivity index (χ4n) is 2.17. The molecular formula is C18H14F2N4O2. The van der Waals surface area contributed by atoms with E-state index in [1.165, 1.54) is 25.4 Å². The van der Waals surface area contributed by atoms with Crippen molar-refractivity contribution in [2.24, 2.45) is 0 Å². The number of amides is 1. The number of anilines is 3. The lowest BCUT2D eigenvalue weighted by molar-refractivity contribution is 0.102. The standard InChI is InChI=1S/C18H14F2N4O2/c1-26-12-5-2-4-11(10-12)22-17(25)15-8-9-21-18(23-15)24-16-13(19)6-3-7-14(16)20/h2-10H,1H3,(H,22,25)(H,21,23,24). The number of para-hydroxylation sites is 1. The summed E-state index contributed by atoms with van der Waals surface area (Å²) in [6.45, 7) is 0. The summed E-state index contributed by atoms with van der Waals surface area (Å²) in [7, 11) is 1.52. The Kier molecular flexibility index (Phi) is 5.02. The first-order valence-electron chi connectivity index (χ1n) is 7.56. The topological polar surface area (TPSA) is 76.1 Å². The average Bonchev–Trinajstić information content (AvgIpc) is 2.65. The summed E-state index contributed by atoms with van der Waals surface area (Å²) in [6.07, 6.45) is 1.31. The van der Waals surface area contributed by atoms with Crippen LogP contribution in [0.4, 0.5) is 26.1 Å². The van der Waals surface area contributed by atoms with Crippen molar-refractivity contribution < 1.29 is 18.3 Å². The fraction of sp³-hybridized carbons (Fsp3) is 0.0556. The highest BCUT2D eigenvalue weighted by molar-refractivity contribution is 6.03. The predicted octanol–water partition coefficient (Wildman–Crippen LogP) is 3.76. The molecular weight excluding hydrogens is 342 g/mol. The van der Waals surface area contributed by atoms with Gasteiger partial charge < -0.3 is 15.4 Å². The number of hydrogen-bond acceptors (Lipinski definition) is 5. The van der Waals surface area contributed by atoms with Crippen molar-refractivity contribution in [1.29, 1.82) is 0 Å². The Bertz CT molecular complexity index is 930. The number of methoxy groups -OCH3 is 1. The van der Waals surface area contributed by atoms with Gasteiger partial charge in [-0.1, -0.05) is 12.1 Å². The number of carbonyl (C=O) groups excluding carboxylic acids is 1. The Labute approximate surface area is 147 Å². The summed E-state index contributed by atoms with van der Waals surface area (Å²) in [6, 6.07) is 11.6. The molecule has 26 heavy (non-hydrogen) atoms. The van der Waals surface area contributed by atoms with Gasteiger partial charge in [0, 0.05) is 18.0 Å². The largest absolute Gasteiger partial charge is 0.497 e. The van der Waals surface area contributed by atoms with Crippen molar-refractivity contribution >= 4 is 23.2 Å². The molecule has 2 aromatic carbocycles. The van der Waals surface area contributed by atoms with Gasteiger partial charge in [-0.25, -0.2) is 18.7 Å². The summed E-state index contributed by atoms with van der Waals surface area (Å²) in [5.74, 6) is -1.60. The van der Waals surface area contributed by atoms with Crippen molar-refractivity contribution in [3.8, 4) is 5.75 Å². The first kappa shape index (κ1) is 17.3. The number of carbonyl (C=O) groups is 1. The second kappa shape index (κ2) is 7.56. The lowest BCUT2D eigenvalue weighted by Gasteiger charge is -2.09. The number of halogens is 2. The molecule has 1 aromatic heterocycles. The summed E-state index contributed by atoms with van der Waals surface area (Å²) < 4.78 is 32.5. The van der Waals surface area contributed by atoms with Gasteiger partial charge in [-0.2, -0.15) is 0 Å². The zero-order chi connectivity index (χ0) is 18.5. The number of hydrogen-bond donors (Lipinski definition) is 2. The molecule has 0 aliphatic rings. The molecule has 2 N–H and O–H groups in total. The number of nitrogens with zero attached hydrogens (tertiary/aromatic N) is 2. The molecule has 8 heteroatoms. The molecule has 0 saturated carbocycles. The van der Waals surface area contributed by atoms with Crippen LogP contribution in [0.1, 0.15) is 10.5 Å². The van der Waals surface area contributed by atoms with Crippen LogP contribution in [-0.2, 0) is 0 Å². The first-order valence-corrected chi connectivity index (χ1v) is 7.56. The van der Waals surface area contributed by atoms with E-state index in [1.54, 1.807) is 24.3 Å². The van der Waals surface area contributed by atoms with Gasteiger partial charge in [-0.3, -0.25) is 4.79 Å². The van der Waals surface area contributed by atoms with Crippen molar-refractivity contribution in [3.63, 3.8) is 0 Å². The van der Waals surface area contributed by atoms with E-state index in [9.17, 15) is 13.6 Å². The van der Waals surface area contributed by atoms with Crippen LogP contribution in [0.15, 0.2) is 54.7 Å². The van der Waals surface area contributed by atoms with E-state index in [4.69, 9.17) is 4.74 Å². The van der Waals surface area contributed by atoms with Gasteiger partial charge >= 0.3 is 0 Å². The van der Waals surface area contributed by atoms with Gasteiger partial charge in [0.2, 0.25) is 5.95 Å². The molecule has 1 heterocycles. The number of benzene rings is 2. The van der Waals surface area contributed by atoms with Crippen LogP contribution in [0.25, 0.3) is 0 Å². The highest BCUT2D eigenvalue weighted by Gasteiger charge is 2.13. The van der Waals surface area contributed by atoms with Crippen molar-refractivity contribution in [3.05, 3.63) is 72.1 Å². The quantitative estimate of drug-likeness (QED) is 0.728. The second-order valence-electron chi connectivity index (χ2n) is 5.17. The number of rotatable bonds is 5. The van der Waals surface area contributed by atoms with Crippen molar-refractivity contribution in [1.82, 2.24) is 9.97 Å². The van der Waals surface area contributed by atoms with Gasteiger partial charge in [-0.05, 0) is 30.3 Å². The molecule has 0 spiro atoms. The lowest BCUT2D eigenvalue weighted by Crippen LogP contribution is -2.15. The average molecular weight is 356 g/mol. The Morgan fingerprint density at radius 2 is 1.81 bits per heavy atom. The van der Waals surface area contributed by atoms with Crippen LogP contribution in [0.2, 0.25) is 0 Å². The Morgan fingerprint density at radius 3 is 2.54 bits per heavy atom. The highest BCUT2D eigenvalue weighted by atomic mass is 19.1. The van der Waals surface area contributed by atoms with E-state index in [1.807, 2.05) is 0 Å². The number of nitrogens with one attached hydrogen (secondary N) is 2. The molecule has 0 saturated heterocycles. The SMILES string of the molecule is COc1cccc(NC(=O)c2ccnc(Nc3c(F)cccc3F)n2)c1. The fourth-order valence-corrected chi connectivity index (χ4v) is 2.17. The Morgan fingerprint density at radius 1 is 1.08 bits per heavy atom. The van der Waals surface area contributed by atoms with Gasteiger partial charge in [0.25, 0.3) is 5.91 Å². The van der Waals surface area contributed by atoms with E-state index >= 15 is 0 Å². The van der Waals surface area contributed by atoms with E-state index in [-0.39, 0.29) is 11.6 Å². The molecule has 6 nitrogen and oxygen atoms in total. The Balaban J connectivity index is 1.79. The molecule has 1 amide bonds. The molecule has 0 aliphatic carbocycles. The third kappa shape index (κ3) is 3.92.